The quantitative estimate of drug-likeness (QED) is 0.568. The van der Waals surface area contributed by atoms with Crippen LogP contribution in [0.5, 0.6) is 5.88 Å². The van der Waals surface area contributed by atoms with E-state index in [1.807, 2.05) is 54.7 Å². The maximum atomic E-state index is 12.4. The Hall–Kier alpha value is -3.67. The average Bonchev–Trinajstić information content (AvgIpc) is 3.10. The molecule has 0 atom stereocenters. The number of aromatic nitrogens is 3. The number of carbonyl (C=O) groups is 1. The molecule has 1 aromatic carbocycles. The highest BCUT2D eigenvalue weighted by molar-refractivity contribution is 5.96. The summed E-state index contributed by atoms with van der Waals surface area (Å²) in [5, 5.41) is 3.81. The van der Waals surface area contributed by atoms with Crippen LogP contribution in [0.4, 0.5) is 5.69 Å². The number of hydrogen-bond acceptors (Lipinski definition) is 4. The highest BCUT2D eigenvalue weighted by Gasteiger charge is 2.13. The number of methoxy groups -OCH3 is 1. The zero-order chi connectivity index (χ0) is 18.6. The normalized spacial score (nSPS) is 10.7. The molecule has 0 bridgehead atoms. The maximum absolute atomic E-state index is 12.4. The van der Waals surface area contributed by atoms with Crippen LogP contribution < -0.4 is 10.1 Å². The van der Waals surface area contributed by atoms with E-state index in [0.29, 0.717) is 5.88 Å². The highest BCUT2D eigenvalue weighted by atomic mass is 16.5. The molecule has 134 valence electrons. The third-order valence-corrected chi connectivity index (χ3v) is 4.30. The molecule has 0 unspecified atom stereocenters. The first-order chi connectivity index (χ1) is 13.2. The lowest BCUT2D eigenvalue weighted by atomic mass is 10.1. The Morgan fingerprint density at radius 2 is 2.00 bits per heavy atom. The molecule has 0 fully saturated rings. The lowest BCUT2D eigenvalue weighted by molar-refractivity contribution is -0.115. The molecule has 0 aliphatic heterocycles. The second kappa shape index (κ2) is 7.29. The van der Waals surface area contributed by atoms with E-state index in [9.17, 15) is 4.79 Å². The summed E-state index contributed by atoms with van der Waals surface area (Å²) >= 11 is 0. The van der Waals surface area contributed by atoms with Gasteiger partial charge >= 0.3 is 0 Å². The number of nitrogens with one attached hydrogen (secondary N) is 2. The molecule has 1 amide bonds. The van der Waals surface area contributed by atoms with Crippen LogP contribution in [0, 0.1) is 0 Å². The van der Waals surface area contributed by atoms with Crippen LogP contribution in [0.1, 0.15) is 5.56 Å². The second-order valence-corrected chi connectivity index (χ2v) is 6.09. The number of amides is 1. The molecule has 0 aliphatic carbocycles. The average molecular weight is 358 g/mol. The van der Waals surface area contributed by atoms with E-state index in [4.69, 9.17) is 4.74 Å². The summed E-state index contributed by atoms with van der Waals surface area (Å²) in [7, 11) is 1.59. The second-order valence-electron chi connectivity index (χ2n) is 6.09. The molecule has 4 rings (SSSR count). The Balaban J connectivity index is 1.63. The summed E-state index contributed by atoms with van der Waals surface area (Å²) in [4.78, 5) is 24.2. The van der Waals surface area contributed by atoms with E-state index in [0.717, 1.165) is 33.4 Å². The number of pyridine rings is 2. The lowest BCUT2D eigenvalue weighted by Crippen LogP contribution is -2.14. The van der Waals surface area contributed by atoms with Crippen LogP contribution in [0.15, 0.2) is 67.1 Å². The number of H-pyrrole nitrogens is 1. The smallest absolute Gasteiger partial charge is 0.228 e. The van der Waals surface area contributed by atoms with Crippen LogP contribution in [-0.4, -0.2) is 28.0 Å². The maximum Gasteiger partial charge on any atom is 0.228 e. The first kappa shape index (κ1) is 16.8. The van der Waals surface area contributed by atoms with Crippen molar-refractivity contribution in [1.29, 1.82) is 0 Å². The molecule has 4 aromatic rings. The van der Waals surface area contributed by atoms with Crippen LogP contribution in [0.25, 0.3) is 22.2 Å². The fraction of sp³-hybridized carbons (Fsp3) is 0.0952. The molecule has 6 heteroatoms. The van der Waals surface area contributed by atoms with Crippen molar-refractivity contribution in [2.45, 2.75) is 6.42 Å². The zero-order valence-corrected chi connectivity index (χ0v) is 14.8. The lowest BCUT2D eigenvalue weighted by Gasteiger charge is -2.07. The van der Waals surface area contributed by atoms with Gasteiger partial charge in [-0.25, -0.2) is 9.97 Å². The van der Waals surface area contributed by atoms with Gasteiger partial charge in [-0.1, -0.05) is 18.2 Å². The molecule has 6 nitrogen and oxygen atoms in total. The number of nitrogens with zero attached hydrogens (tertiary/aromatic N) is 2. The third-order valence-electron chi connectivity index (χ3n) is 4.30. The number of ether oxygens (including phenoxy) is 1. The van der Waals surface area contributed by atoms with Gasteiger partial charge in [0.25, 0.3) is 0 Å². The summed E-state index contributed by atoms with van der Waals surface area (Å²) < 4.78 is 5.34. The van der Waals surface area contributed by atoms with Crippen molar-refractivity contribution in [3.05, 3.63) is 72.7 Å². The van der Waals surface area contributed by atoms with Gasteiger partial charge in [0.1, 0.15) is 5.65 Å². The Kier molecular flexibility index (Phi) is 4.53. The van der Waals surface area contributed by atoms with Gasteiger partial charge in [0.15, 0.2) is 0 Å². The van der Waals surface area contributed by atoms with Crippen molar-refractivity contribution in [3.8, 4) is 17.0 Å². The summed E-state index contributed by atoms with van der Waals surface area (Å²) in [5.74, 6) is 0.462. The third kappa shape index (κ3) is 3.50. The van der Waals surface area contributed by atoms with Crippen LogP contribution in [0.3, 0.4) is 0 Å². The minimum absolute atomic E-state index is 0.0774. The summed E-state index contributed by atoms with van der Waals surface area (Å²) in [5.41, 5.74) is 4.15. The van der Waals surface area contributed by atoms with Gasteiger partial charge in [0.05, 0.1) is 13.5 Å². The molecule has 0 saturated heterocycles. The van der Waals surface area contributed by atoms with Gasteiger partial charge in [-0.2, -0.15) is 0 Å². The Morgan fingerprint density at radius 1 is 1.15 bits per heavy atom. The molecule has 0 spiro atoms. The predicted octanol–water partition coefficient (Wildman–Crippen LogP) is 3.81. The predicted molar refractivity (Wildman–Crippen MR) is 105 cm³/mol. The number of rotatable bonds is 5. The van der Waals surface area contributed by atoms with Gasteiger partial charge in [-0.05, 0) is 35.9 Å². The van der Waals surface area contributed by atoms with Gasteiger partial charge in [0, 0.05) is 40.8 Å². The topological polar surface area (TPSA) is 79.9 Å². The Labute approximate surface area is 156 Å². The molecule has 0 radical (unpaired) electrons. The number of benzene rings is 1. The first-order valence-electron chi connectivity index (χ1n) is 8.55. The van der Waals surface area contributed by atoms with E-state index in [1.54, 1.807) is 19.5 Å². The summed E-state index contributed by atoms with van der Waals surface area (Å²) in [6, 6.07) is 15.2. The Bertz CT molecular complexity index is 1090. The van der Waals surface area contributed by atoms with Crippen LogP contribution >= 0.6 is 0 Å². The van der Waals surface area contributed by atoms with E-state index >= 15 is 0 Å². The minimum Gasteiger partial charge on any atom is -0.481 e. The summed E-state index contributed by atoms with van der Waals surface area (Å²) in [6.07, 6.45) is 5.53. The van der Waals surface area contributed by atoms with Crippen molar-refractivity contribution in [3.63, 3.8) is 0 Å². The number of anilines is 1. The number of aromatic amines is 1. The SMILES string of the molecule is COc1ncccc1-c1cnc2[nH]cc(CC(=O)Nc3ccccc3)c2c1. The first-order valence-corrected chi connectivity index (χ1v) is 8.55. The van der Waals surface area contributed by atoms with E-state index in [2.05, 4.69) is 20.3 Å². The number of hydrogen-bond donors (Lipinski definition) is 2. The zero-order valence-electron chi connectivity index (χ0n) is 14.8. The van der Waals surface area contributed by atoms with E-state index < -0.39 is 0 Å². The molecule has 0 saturated carbocycles. The van der Waals surface area contributed by atoms with Crippen molar-refractivity contribution in [1.82, 2.24) is 15.0 Å². The molecule has 27 heavy (non-hydrogen) atoms. The van der Waals surface area contributed by atoms with Crippen molar-refractivity contribution in [2.75, 3.05) is 12.4 Å². The van der Waals surface area contributed by atoms with E-state index in [1.165, 1.54) is 0 Å². The molecular weight excluding hydrogens is 340 g/mol. The highest BCUT2D eigenvalue weighted by Crippen LogP contribution is 2.30. The van der Waals surface area contributed by atoms with E-state index in [-0.39, 0.29) is 12.3 Å². The standard InChI is InChI=1S/C21H18N4O2/c1-27-21-17(8-5-9-22-21)14-10-18-15(13-24-20(18)23-12-14)11-19(26)25-16-6-3-2-4-7-16/h2-10,12-13H,11H2,1H3,(H,23,24)(H,25,26). The molecule has 0 aliphatic rings. The minimum atomic E-state index is -0.0774. The molecular formula is C21H18N4O2. The fourth-order valence-electron chi connectivity index (χ4n) is 3.02. The number of carbonyl (C=O) groups excluding carboxylic acids is 1. The van der Waals surface area contributed by atoms with Crippen LogP contribution in [0.2, 0.25) is 0 Å². The Morgan fingerprint density at radius 3 is 2.81 bits per heavy atom. The van der Waals surface area contributed by atoms with Gasteiger partial charge < -0.3 is 15.0 Å². The van der Waals surface area contributed by atoms with Gasteiger partial charge in [-0.15, -0.1) is 0 Å². The van der Waals surface area contributed by atoms with Crippen LogP contribution in [-0.2, 0) is 11.2 Å². The molecule has 2 N–H and O–H groups in total. The largest absolute Gasteiger partial charge is 0.481 e. The van der Waals surface area contributed by atoms with Gasteiger partial charge in [-0.3, -0.25) is 4.79 Å². The monoisotopic (exact) mass is 358 g/mol. The number of para-hydroxylation sites is 1. The van der Waals surface area contributed by atoms with Crippen molar-refractivity contribution < 1.29 is 9.53 Å². The molecule has 3 aromatic heterocycles. The fourth-order valence-corrected chi connectivity index (χ4v) is 3.02. The van der Waals surface area contributed by atoms with Gasteiger partial charge in [0.2, 0.25) is 11.8 Å². The molecule has 3 heterocycles. The van der Waals surface area contributed by atoms with Crippen molar-refractivity contribution in [2.24, 2.45) is 0 Å². The number of fused-ring (bicyclic) bond motifs is 1. The van der Waals surface area contributed by atoms with Crippen molar-refractivity contribution >= 4 is 22.6 Å². The summed E-state index contributed by atoms with van der Waals surface area (Å²) in [6.45, 7) is 0.